The molecular weight excluding hydrogens is 380 g/mol. The summed E-state index contributed by atoms with van der Waals surface area (Å²) in [5.74, 6) is 2.34. The predicted molar refractivity (Wildman–Crippen MR) is 129 cm³/mol. The van der Waals surface area contributed by atoms with Crippen LogP contribution in [0, 0.1) is 23.2 Å². The number of hydrogen-bond acceptors (Lipinski definition) is 2. The van der Waals surface area contributed by atoms with E-state index in [0.717, 1.165) is 19.0 Å². The summed E-state index contributed by atoms with van der Waals surface area (Å²) in [4.78, 5) is 15.5. The van der Waals surface area contributed by atoms with Crippen molar-refractivity contribution in [3.05, 3.63) is 59.7 Å². The van der Waals surface area contributed by atoms with Crippen molar-refractivity contribution in [3.8, 4) is 0 Å². The highest BCUT2D eigenvalue weighted by molar-refractivity contribution is 5.85. The lowest BCUT2D eigenvalue weighted by atomic mass is 9.78. The lowest BCUT2D eigenvalue weighted by molar-refractivity contribution is -0.127. The Kier molecular flexibility index (Phi) is 7.32. The second kappa shape index (κ2) is 10.2. The summed E-state index contributed by atoms with van der Waals surface area (Å²) >= 11 is 0. The molecule has 1 heterocycles. The van der Waals surface area contributed by atoms with E-state index in [2.05, 4.69) is 72.6 Å². The summed E-state index contributed by atoms with van der Waals surface area (Å²) in [7, 11) is 0. The van der Waals surface area contributed by atoms with Gasteiger partial charge in [-0.1, -0.05) is 60.6 Å². The molecule has 2 aliphatic carbocycles. The number of aryl methyl sites for hydroxylation is 1. The average molecular weight is 421 g/mol. The van der Waals surface area contributed by atoms with E-state index >= 15 is 0 Å². The Morgan fingerprint density at radius 2 is 2.00 bits per heavy atom. The van der Waals surface area contributed by atoms with Crippen molar-refractivity contribution in [1.29, 1.82) is 0 Å². The Hall–Kier alpha value is -1.87. The van der Waals surface area contributed by atoms with Crippen LogP contribution in [-0.4, -0.2) is 37.0 Å². The number of nitrogens with one attached hydrogen (secondary N) is 1. The fraction of sp³-hybridized carbons (Fsp3) is 0.607. The highest BCUT2D eigenvalue weighted by Gasteiger charge is 2.46. The van der Waals surface area contributed by atoms with Gasteiger partial charge < -0.3 is 10.2 Å². The Bertz CT molecular complexity index is 794. The molecule has 3 heteroatoms. The fourth-order valence-corrected chi connectivity index (χ4v) is 5.54. The van der Waals surface area contributed by atoms with Gasteiger partial charge in [-0.05, 0) is 88.8 Å². The monoisotopic (exact) mass is 420 g/mol. The van der Waals surface area contributed by atoms with Crippen LogP contribution in [0.2, 0.25) is 0 Å². The molecule has 31 heavy (non-hydrogen) atoms. The zero-order valence-electron chi connectivity index (χ0n) is 19.5. The molecule has 1 aromatic carbocycles. The van der Waals surface area contributed by atoms with Gasteiger partial charge in [0.25, 0.3) is 0 Å². The maximum atomic E-state index is 12.9. The molecule has 3 atom stereocenters. The van der Waals surface area contributed by atoms with Crippen LogP contribution in [0.4, 0.5) is 0 Å². The Morgan fingerprint density at radius 1 is 1.16 bits per heavy atom. The van der Waals surface area contributed by atoms with Crippen LogP contribution in [0.5, 0.6) is 0 Å². The molecule has 0 spiro atoms. The normalized spacial score (nSPS) is 26.0. The van der Waals surface area contributed by atoms with Crippen molar-refractivity contribution in [2.45, 2.75) is 58.8 Å². The third kappa shape index (κ3) is 5.88. The van der Waals surface area contributed by atoms with Crippen molar-refractivity contribution in [3.63, 3.8) is 0 Å². The van der Waals surface area contributed by atoms with Gasteiger partial charge in [0.05, 0.1) is 5.41 Å². The standard InChI is InChI=1S/C28H40N2O/c1-28(2,26-15-7-14-24-21-25(24)26)27(31)29-17-20-30-18-8-13-23(16-19-30)12-6-11-22-9-4-3-5-10-22/h3-5,7,9-10,14-15,23-25H,6,8,11-13,16-21H2,1-2H3,(H,29,31). The van der Waals surface area contributed by atoms with E-state index in [1.165, 1.54) is 69.2 Å². The smallest absolute Gasteiger partial charge is 0.229 e. The van der Waals surface area contributed by atoms with E-state index in [1.54, 1.807) is 0 Å². The molecule has 3 aliphatic rings. The lowest BCUT2D eigenvalue weighted by Crippen LogP contribution is -2.42. The molecule has 2 fully saturated rings. The van der Waals surface area contributed by atoms with E-state index in [9.17, 15) is 4.79 Å². The topological polar surface area (TPSA) is 32.3 Å². The zero-order valence-corrected chi connectivity index (χ0v) is 19.5. The first kappa shape index (κ1) is 22.3. The number of likely N-dealkylation sites (tertiary alicyclic amines) is 1. The molecule has 168 valence electrons. The van der Waals surface area contributed by atoms with E-state index < -0.39 is 5.41 Å². The van der Waals surface area contributed by atoms with E-state index in [-0.39, 0.29) is 5.91 Å². The van der Waals surface area contributed by atoms with Crippen molar-refractivity contribution >= 4 is 5.91 Å². The van der Waals surface area contributed by atoms with Gasteiger partial charge in [0.15, 0.2) is 0 Å². The third-order valence-electron chi connectivity index (χ3n) is 7.74. The summed E-state index contributed by atoms with van der Waals surface area (Å²) in [6.45, 7) is 8.27. The first-order chi connectivity index (χ1) is 15.0. The quantitative estimate of drug-likeness (QED) is 0.581. The third-order valence-corrected chi connectivity index (χ3v) is 7.74. The van der Waals surface area contributed by atoms with E-state index in [1.807, 2.05) is 0 Å². The van der Waals surface area contributed by atoms with Crippen molar-refractivity contribution < 1.29 is 4.79 Å². The van der Waals surface area contributed by atoms with Crippen LogP contribution in [0.3, 0.4) is 0 Å². The SMILES string of the molecule is CC(C)(C(=O)NCCN1CCCC(CCCc2ccccc2)CC1)C1=CC=CC2CC12. The fourth-order valence-electron chi connectivity index (χ4n) is 5.54. The Balaban J connectivity index is 1.15. The molecule has 3 nitrogen and oxygen atoms in total. The van der Waals surface area contributed by atoms with Crippen LogP contribution in [0.15, 0.2) is 54.1 Å². The first-order valence-corrected chi connectivity index (χ1v) is 12.5. The molecule has 1 N–H and O–H groups in total. The lowest BCUT2D eigenvalue weighted by Gasteiger charge is -2.29. The van der Waals surface area contributed by atoms with Crippen molar-refractivity contribution in [2.75, 3.05) is 26.2 Å². The van der Waals surface area contributed by atoms with Gasteiger partial charge in [-0.2, -0.15) is 0 Å². The minimum atomic E-state index is -0.396. The summed E-state index contributed by atoms with van der Waals surface area (Å²) < 4.78 is 0. The second-order valence-corrected chi connectivity index (χ2v) is 10.4. The number of amides is 1. The summed E-state index contributed by atoms with van der Waals surface area (Å²) in [6, 6.07) is 10.9. The molecule has 1 aliphatic heterocycles. The second-order valence-electron chi connectivity index (χ2n) is 10.4. The highest BCUT2D eigenvalue weighted by atomic mass is 16.2. The van der Waals surface area contributed by atoms with Crippen molar-refractivity contribution in [2.24, 2.45) is 23.2 Å². The Morgan fingerprint density at radius 3 is 2.84 bits per heavy atom. The number of nitrogens with zero attached hydrogens (tertiary/aromatic N) is 1. The van der Waals surface area contributed by atoms with Gasteiger partial charge in [-0.15, -0.1) is 0 Å². The average Bonchev–Trinajstić information content (AvgIpc) is 3.58. The number of carbonyl (C=O) groups is 1. The van der Waals surface area contributed by atoms with Crippen LogP contribution in [0.1, 0.15) is 57.9 Å². The molecule has 0 bridgehead atoms. The molecule has 3 unspecified atom stereocenters. The molecule has 1 saturated carbocycles. The number of hydrogen-bond donors (Lipinski definition) is 1. The maximum Gasteiger partial charge on any atom is 0.229 e. The largest absolute Gasteiger partial charge is 0.354 e. The van der Waals surface area contributed by atoms with Gasteiger partial charge in [0.1, 0.15) is 0 Å². The molecule has 0 aromatic heterocycles. The summed E-state index contributed by atoms with van der Waals surface area (Å²) in [6.07, 6.45) is 15.6. The zero-order chi connectivity index (χ0) is 21.7. The number of carbonyl (C=O) groups excluding carboxylic acids is 1. The minimum Gasteiger partial charge on any atom is -0.354 e. The molecule has 1 aromatic rings. The summed E-state index contributed by atoms with van der Waals surface area (Å²) in [5.41, 5.74) is 2.39. The van der Waals surface area contributed by atoms with Gasteiger partial charge in [0, 0.05) is 13.1 Å². The molecule has 1 saturated heterocycles. The molecule has 4 rings (SSSR count). The first-order valence-electron chi connectivity index (χ1n) is 12.5. The van der Waals surface area contributed by atoms with Gasteiger partial charge in [-0.25, -0.2) is 0 Å². The summed E-state index contributed by atoms with van der Waals surface area (Å²) in [5, 5.41) is 3.25. The maximum absolute atomic E-state index is 12.9. The minimum absolute atomic E-state index is 0.188. The number of benzene rings is 1. The highest BCUT2D eigenvalue weighted by Crippen LogP contribution is 2.52. The number of allylic oxidation sites excluding steroid dienone is 3. The molecular formula is C28H40N2O. The van der Waals surface area contributed by atoms with Crippen molar-refractivity contribution in [1.82, 2.24) is 10.2 Å². The Labute approximate surface area is 189 Å². The van der Waals surface area contributed by atoms with Gasteiger partial charge in [-0.3, -0.25) is 4.79 Å². The number of rotatable bonds is 9. The van der Waals surface area contributed by atoms with Gasteiger partial charge >= 0.3 is 0 Å². The van der Waals surface area contributed by atoms with Crippen LogP contribution in [-0.2, 0) is 11.2 Å². The van der Waals surface area contributed by atoms with Crippen LogP contribution < -0.4 is 5.32 Å². The number of fused-ring (bicyclic) bond motifs is 1. The van der Waals surface area contributed by atoms with E-state index in [4.69, 9.17) is 0 Å². The van der Waals surface area contributed by atoms with Crippen LogP contribution >= 0.6 is 0 Å². The molecule has 1 amide bonds. The van der Waals surface area contributed by atoms with Gasteiger partial charge in [0.2, 0.25) is 5.91 Å². The predicted octanol–water partition coefficient (Wildman–Crippen LogP) is 5.39. The van der Waals surface area contributed by atoms with E-state index in [0.29, 0.717) is 11.8 Å². The molecule has 0 radical (unpaired) electrons. The van der Waals surface area contributed by atoms with Crippen LogP contribution in [0.25, 0.3) is 0 Å².